The van der Waals surface area contributed by atoms with Crippen molar-refractivity contribution >= 4 is 45.3 Å². The molecule has 0 saturated carbocycles. The van der Waals surface area contributed by atoms with E-state index in [1.807, 2.05) is 36.4 Å². The van der Waals surface area contributed by atoms with E-state index in [9.17, 15) is 0 Å². The van der Waals surface area contributed by atoms with Gasteiger partial charge in [0.1, 0.15) is 0 Å². The van der Waals surface area contributed by atoms with Gasteiger partial charge < -0.3 is 29.7 Å². The first kappa shape index (κ1) is 24.0. The maximum atomic E-state index is 8.25. The van der Waals surface area contributed by atoms with E-state index in [-0.39, 0.29) is 25.8 Å². The smallest absolute Gasteiger partial charge is 0.554 e. The molecule has 1 aromatic rings. The fraction of sp³-hybridized carbons (Fsp3) is 0. The summed E-state index contributed by atoms with van der Waals surface area (Å²) in [5.41, 5.74) is 0. The Morgan fingerprint density at radius 1 is 0.562 bits per heavy atom. The molecule has 0 fully saturated rings. The van der Waals surface area contributed by atoms with Crippen LogP contribution in [0.2, 0.25) is 0 Å². The van der Waals surface area contributed by atoms with Crippen molar-refractivity contribution in [3.63, 3.8) is 0 Å². The molecule has 0 aliphatic rings. The second-order valence-corrected chi connectivity index (χ2v) is 1.44. The van der Waals surface area contributed by atoms with Gasteiger partial charge >= 0.3 is 25.8 Å². The standard InChI is InChI=1S/C6H6.3CH2O2.In/c1-2-4-6-5-3-1;3*2-1-3;/h1-6H;3*1H,(H,2,3);/q;;;;+3/p-3. The molecule has 1 aromatic carbocycles. The first-order chi connectivity index (χ1) is 7.24. The minimum absolute atomic E-state index is 0. The third-order valence-electron chi connectivity index (χ3n) is 0.667. The summed E-state index contributed by atoms with van der Waals surface area (Å²) in [6.07, 6.45) is 0. The number of carbonyl (C=O) groups is 3. The second-order valence-electron chi connectivity index (χ2n) is 1.44. The summed E-state index contributed by atoms with van der Waals surface area (Å²) in [6.45, 7) is -1.50. The molecule has 0 N–H and O–H groups in total. The van der Waals surface area contributed by atoms with Gasteiger partial charge in [0.25, 0.3) is 0 Å². The zero-order valence-corrected chi connectivity index (χ0v) is 11.5. The quantitative estimate of drug-likeness (QED) is 0.454. The van der Waals surface area contributed by atoms with E-state index in [4.69, 9.17) is 29.7 Å². The van der Waals surface area contributed by atoms with E-state index in [1.165, 1.54) is 0 Å². The predicted octanol–water partition coefficient (Wildman–Crippen LogP) is -3.60. The maximum absolute atomic E-state index is 8.25. The molecule has 16 heavy (non-hydrogen) atoms. The molecule has 0 aliphatic carbocycles. The van der Waals surface area contributed by atoms with Gasteiger partial charge in [0.05, 0.1) is 0 Å². The molecule has 0 aromatic heterocycles. The van der Waals surface area contributed by atoms with Gasteiger partial charge in [-0.1, -0.05) is 36.4 Å². The second kappa shape index (κ2) is 37.5. The van der Waals surface area contributed by atoms with E-state index < -0.39 is 19.4 Å². The van der Waals surface area contributed by atoms with E-state index in [2.05, 4.69) is 0 Å². The summed E-state index contributed by atoms with van der Waals surface area (Å²) in [7, 11) is 0. The van der Waals surface area contributed by atoms with Crippen LogP contribution in [0, 0.1) is 0 Å². The van der Waals surface area contributed by atoms with Crippen LogP contribution in [0.4, 0.5) is 0 Å². The Kier molecular flexibility index (Phi) is 56.2. The molecule has 0 aliphatic heterocycles. The molecule has 6 nitrogen and oxygen atoms in total. The van der Waals surface area contributed by atoms with Crippen molar-refractivity contribution in [2.45, 2.75) is 0 Å². The van der Waals surface area contributed by atoms with Gasteiger partial charge in [0, 0.05) is 19.4 Å². The zero-order chi connectivity index (χ0) is 12.4. The fourth-order valence-corrected chi connectivity index (χ4v) is 0.385. The van der Waals surface area contributed by atoms with E-state index in [1.54, 1.807) is 0 Å². The summed E-state index contributed by atoms with van der Waals surface area (Å²) in [4.78, 5) is 24.8. The van der Waals surface area contributed by atoms with Gasteiger partial charge in [-0.15, -0.1) is 0 Å². The van der Waals surface area contributed by atoms with Crippen molar-refractivity contribution in [2.24, 2.45) is 0 Å². The van der Waals surface area contributed by atoms with Gasteiger partial charge in [-0.25, -0.2) is 0 Å². The molecule has 0 unspecified atom stereocenters. The van der Waals surface area contributed by atoms with Gasteiger partial charge in [-0.05, 0) is 0 Å². The van der Waals surface area contributed by atoms with E-state index in [0.717, 1.165) is 0 Å². The number of hydrogen-bond donors (Lipinski definition) is 0. The minimum Gasteiger partial charge on any atom is -0.554 e. The van der Waals surface area contributed by atoms with Crippen LogP contribution in [-0.2, 0) is 14.4 Å². The van der Waals surface area contributed by atoms with Gasteiger partial charge in [0.15, 0.2) is 0 Å². The van der Waals surface area contributed by atoms with Crippen LogP contribution < -0.4 is 15.3 Å². The molecular formula is C9H9InO6. The van der Waals surface area contributed by atoms with Crippen LogP contribution in [0.25, 0.3) is 0 Å². The largest absolute Gasteiger partial charge is 3.00 e. The number of benzene rings is 1. The monoisotopic (exact) mass is 328 g/mol. The van der Waals surface area contributed by atoms with Crippen LogP contribution in [-0.4, -0.2) is 45.3 Å². The summed E-state index contributed by atoms with van der Waals surface area (Å²) >= 11 is 0. The molecule has 0 saturated heterocycles. The van der Waals surface area contributed by atoms with E-state index in [0.29, 0.717) is 0 Å². The number of carbonyl (C=O) groups excluding carboxylic acids is 3. The Morgan fingerprint density at radius 3 is 0.688 bits per heavy atom. The van der Waals surface area contributed by atoms with Crippen LogP contribution >= 0.6 is 0 Å². The summed E-state index contributed by atoms with van der Waals surface area (Å²) in [6, 6.07) is 12.0. The average Bonchev–Trinajstić information content (AvgIpc) is 2.24. The summed E-state index contributed by atoms with van der Waals surface area (Å²) in [5.74, 6) is 0. The Morgan fingerprint density at radius 2 is 0.625 bits per heavy atom. The summed E-state index contributed by atoms with van der Waals surface area (Å²) < 4.78 is 0. The Hall–Kier alpha value is -1.50. The molecular weight excluding hydrogens is 319 g/mol. The third kappa shape index (κ3) is 81.6. The molecule has 0 amide bonds. The molecule has 0 atom stereocenters. The Labute approximate surface area is 111 Å². The topological polar surface area (TPSA) is 120 Å². The first-order valence-corrected chi connectivity index (χ1v) is 3.41. The number of carboxylic acid groups (broad SMARTS) is 3. The maximum Gasteiger partial charge on any atom is 3.00 e. The first-order valence-electron chi connectivity index (χ1n) is 3.41. The van der Waals surface area contributed by atoms with Crippen LogP contribution in [0.15, 0.2) is 36.4 Å². The Bertz CT molecular complexity index is 176. The van der Waals surface area contributed by atoms with Crippen LogP contribution in [0.1, 0.15) is 0 Å². The van der Waals surface area contributed by atoms with Crippen molar-refractivity contribution in [3.05, 3.63) is 36.4 Å². The van der Waals surface area contributed by atoms with Crippen molar-refractivity contribution < 1.29 is 29.7 Å². The normalized spacial score (nSPS) is 5.25. The zero-order valence-electron chi connectivity index (χ0n) is 8.22. The summed E-state index contributed by atoms with van der Waals surface area (Å²) in [5, 5.41) is 24.8. The fourth-order valence-electron chi connectivity index (χ4n) is 0.385. The third-order valence-corrected chi connectivity index (χ3v) is 0.667. The van der Waals surface area contributed by atoms with Gasteiger partial charge in [-0.2, -0.15) is 0 Å². The van der Waals surface area contributed by atoms with Crippen molar-refractivity contribution in [1.82, 2.24) is 0 Å². The SMILES string of the molecule is O=C[O-].O=C[O-].O=C[O-].[In+3].c1ccccc1. The molecule has 0 radical (unpaired) electrons. The minimum atomic E-state index is -0.500. The van der Waals surface area contributed by atoms with Crippen molar-refractivity contribution in [1.29, 1.82) is 0 Å². The number of rotatable bonds is 0. The average molecular weight is 328 g/mol. The van der Waals surface area contributed by atoms with Crippen LogP contribution in [0.3, 0.4) is 0 Å². The number of hydrogen-bond acceptors (Lipinski definition) is 6. The Balaban J connectivity index is -0.0000000637. The molecule has 0 bridgehead atoms. The van der Waals surface area contributed by atoms with Crippen molar-refractivity contribution in [2.75, 3.05) is 0 Å². The molecule has 84 valence electrons. The van der Waals surface area contributed by atoms with Crippen LogP contribution in [0.5, 0.6) is 0 Å². The van der Waals surface area contributed by atoms with Crippen molar-refractivity contribution in [3.8, 4) is 0 Å². The van der Waals surface area contributed by atoms with Gasteiger partial charge in [-0.3, -0.25) is 0 Å². The molecule has 1 rings (SSSR count). The molecule has 0 spiro atoms. The van der Waals surface area contributed by atoms with E-state index >= 15 is 0 Å². The molecule has 7 heteroatoms. The predicted molar refractivity (Wildman–Crippen MR) is 50.4 cm³/mol. The molecule has 0 heterocycles. The van der Waals surface area contributed by atoms with Gasteiger partial charge in [0.2, 0.25) is 0 Å².